The predicted octanol–water partition coefficient (Wildman–Crippen LogP) is 1.44. The minimum absolute atomic E-state index is 0.0260. The Hall–Kier alpha value is -2.31. The van der Waals surface area contributed by atoms with Gasteiger partial charge in [0.15, 0.2) is 27.6 Å². The highest BCUT2D eigenvalue weighted by atomic mass is 35.5. The summed E-state index contributed by atoms with van der Waals surface area (Å²) in [5.41, 5.74) is 6.95. The molecule has 1 amide bonds. The van der Waals surface area contributed by atoms with E-state index in [1.165, 1.54) is 0 Å². The molecule has 2 aromatic heterocycles. The van der Waals surface area contributed by atoms with Gasteiger partial charge in [0, 0.05) is 57.9 Å². The fraction of sp³-hybridized carbons (Fsp3) is 0.609. The van der Waals surface area contributed by atoms with Gasteiger partial charge < -0.3 is 21.1 Å². The highest BCUT2D eigenvalue weighted by molar-refractivity contribution is 6.32. The number of halogens is 2. The Bertz CT molecular complexity index is 1030. The zero-order valence-corrected chi connectivity index (χ0v) is 21.9. The third-order valence-corrected chi connectivity index (χ3v) is 7.33. The second kappa shape index (κ2) is 12.3. The van der Waals surface area contributed by atoms with Crippen molar-refractivity contribution in [3.63, 3.8) is 0 Å². The lowest BCUT2D eigenvalue weighted by molar-refractivity contribution is 0.0606. The Morgan fingerprint density at radius 1 is 1.17 bits per heavy atom. The predicted molar refractivity (Wildman–Crippen MR) is 139 cm³/mol. The number of carbonyl (C=O) groups is 1. The number of carbonyl (C=O) groups excluding carboxylic acids is 1. The lowest BCUT2D eigenvalue weighted by Crippen LogP contribution is -2.58. The van der Waals surface area contributed by atoms with E-state index < -0.39 is 5.91 Å². The van der Waals surface area contributed by atoms with Gasteiger partial charge in [-0.05, 0) is 31.4 Å². The van der Waals surface area contributed by atoms with Crippen molar-refractivity contribution in [2.75, 3.05) is 56.5 Å². The molecule has 0 saturated carbocycles. The number of hydrogen-bond acceptors (Lipinski definition) is 10. The van der Waals surface area contributed by atoms with E-state index in [-0.39, 0.29) is 29.8 Å². The lowest BCUT2D eigenvalue weighted by Gasteiger charge is -2.47. The summed E-state index contributed by atoms with van der Waals surface area (Å²) in [6.07, 6.45) is 3.20. The van der Waals surface area contributed by atoms with Gasteiger partial charge in [-0.2, -0.15) is 5.10 Å². The molecule has 36 heavy (non-hydrogen) atoms. The molecular weight excluding hydrogens is 505 g/mol. The summed E-state index contributed by atoms with van der Waals surface area (Å²) >= 11 is 12.3. The van der Waals surface area contributed by atoms with Crippen LogP contribution in [0.25, 0.3) is 0 Å². The fourth-order valence-corrected chi connectivity index (χ4v) is 5.36. The molecule has 2 fully saturated rings. The SMILES string of the molecule is CC[C@H]1CN(c2nc(N)c(C(=O)NCCO)nc2Cl)CCN1C1CCN(Cc2ccc(Cl)nn2)CC1. The van der Waals surface area contributed by atoms with E-state index in [2.05, 4.69) is 47.1 Å². The number of aliphatic hydroxyl groups excluding tert-OH is 1. The second-order valence-corrected chi connectivity index (χ2v) is 9.90. The molecule has 11 nitrogen and oxygen atoms in total. The van der Waals surface area contributed by atoms with E-state index in [0.29, 0.717) is 23.1 Å². The summed E-state index contributed by atoms with van der Waals surface area (Å²) in [7, 11) is 0. The van der Waals surface area contributed by atoms with Crippen LogP contribution in [-0.4, -0.2) is 98.9 Å². The number of nitrogens with one attached hydrogen (secondary N) is 1. The highest BCUT2D eigenvalue weighted by Crippen LogP contribution is 2.30. The largest absolute Gasteiger partial charge is 0.395 e. The van der Waals surface area contributed by atoms with E-state index in [4.69, 9.17) is 34.0 Å². The van der Waals surface area contributed by atoms with E-state index in [9.17, 15) is 4.79 Å². The van der Waals surface area contributed by atoms with Crippen LogP contribution < -0.4 is 16.0 Å². The van der Waals surface area contributed by atoms with Crippen LogP contribution in [0.5, 0.6) is 0 Å². The third kappa shape index (κ3) is 6.33. The van der Waals surface area contributed by atoms with E-state index in [1.807, 2.05) is 6.07 Å². The van der Waals surface area contributed by atoms with Gasteiger partial charge in [0.05, 0.1) is 12.3 Å². The standard InChI is InChI=1S/C23H33Cl2N9O2/c1-2-16-14-33(22-20(25)28-19(21(26)29-22)23(36)27-7-12-35)10-11-34(16)17-5-8-32(9-6-17)13-15-3-4-18(24)31-30-15/h3-4,16-17,35H,2,5-14H2,1H3,(H2,26,29)(H,27,36)/t16-/m0/s1. The maximum Gasteiger partial charge on any atom is 0.273 e. The fourth-order valence-electron chi connectivity index (χ4n) is 5.01. The molecule has 2 aliphatic heterocycles. The van der Waals surface area contributed by atoms with Crippen LogP contribution in [0.1, 0.15) is 42.4 Å². The average Bonchev–Trinajstić information content (AvgIpc) is 2.89. The molecule has 0 radical (unpaired) electrons. The van der Waals surface area contributed by atoms with E-state index in [1.54, 1.807) is 6.07 Å². The number of anilines is 2. The van der Waals surface area contributed by atoms with Gasteiger partial charge in [0.1, 0.15) is 0 Å². The van der Waals surface area contributed by atoms with Crippen LogP contribution in [0.15, 0.2) is 12.1 Å². The van der Waals surface area contributed by atoms with E-state index in [0.717, 1.165) is 64.2 Å². The minimum Gasteiger partial charge on any atom is -0.395 e. The molecule has 0 unspecified atom stereocenters. The van der Waals surface area contributed by atoms with Crippen molar-refractivity contribution in [1.82, 2.24) is 35.3 Å². The molecule has 4 heterocycles. The number of nitrogens with two attached hydrogens (primary N) is 1. The summed E-state index contributed by atoms with van der Waals surface area (Å²) in [6, 6.07) is 4.59. The minimum atomic E-state index is -0.506. The van der Waals surface area contributed by atoms with Gasteiger partial charge in [-0.1, -0.05) is 30.1 Å². The smallest absolute Gasteiger partial charge is 0.273 e. The molecule has 0 spiro atoms. The van der Waals surface area contributed by atoms with Gasteiger partial charge in [-0.15, -0.1) is 5.10 Å². The van der Waals surface area contributed by atoms with Gasteiger partial charge in [0.25, 0.3) is 5.91 Å². The third-order valence-electron chi connectivity index (χ3n) is 6.87. The van der Waals surface area contributed by atoms with Crippen molar-refractivity contribution in [3.05, 3.63) is 33.8 Å². The molecule has 1 atom stereocenters. The average molecular weight is 538 g/mol. The maximum atomic E-state index is 12.2. The van der Waals surface area contributed by atoms with Gasteiger partial charge in [-0.25, -0.2) is 9.97 Å². The number of nitrogens with zero attached hydrogens (tertiary/aromatic N) is 7. The number of piperazine rings is 1. The summed E-state index contributed by atoms with van der Waals surface area (Å²) in [5, 5.41) is 20.1. The van der Waals surface area contributed by atoms with Crippen molar-refractivity contribution in [2.24, 2.45) is 0 Å². The molecular formula is C23H33Cl2N9O2. The van der Waals surface area contributed by atoms with Crippen molar-refractivity contribution in [1.29, 1.82) is 0 Å². The number of rotatable bonds is 8. The zero-order chi connectivity index (χ0) is 25.7. The maximum absolute atomic E-state index is 12.2. The highest BCUT2D eigenvalue weighted by Gasteiger charge is 2.34. The monoisotopic (exact) mass is 537 g/mol. The molecule has 4 N–H and O–H groups in total. The summed E-state index contributed by atoms with van der Waals surface area (Å²) in [5.74, 6) is 0.0242. The van der Waals surface area contributed by atoms with Gasteiger partial charge in [0.2, 0.25) is 0 Å². The normalized spacial score (nSPS) is 20.0. The first kappa shape index (κ1) is 26.7. The first-order chi connectivity index (χ1) is 17.4. The molecule has 2 aliphatic rings. The first-order valence-corrected chi connectivity index (χ1v) is 13.1. The van der Waals surface area contributed by atoms with Crippen LogP contribution in [0.2, 0.25) is 10.3 Å². The number of aromatic nitrogens is 4. The molecule has 13 heteroatoms. The van der Waals surface area contributed by atoms with Crippen molar-refractivity contribution < 1.29 is 9.90 Å². The van der Waals surface area contributed by atoms with Crippen molar-refractivity contribution in [3.8, 4) is 0 Å². The topological polar surface area (TPSA) is 137 Å². The van der Waals surface area contributed by atoms with Crippen molar-refractivity contribution >= 4 is 40.7 Å². The number of hydrogen-bond donors (Lipinski definition) is 3. The van der Waals surface area contributed by atoms with Crippen LogP contribution in [0.4, 0.5) is 11.6 Å². The molecule has 2 saturated heterocycles. The van der Waals surface area contributed by atoms with Gasteiger partial charge in [-0.3, -0.25) is 14.6 Å². The quantitative estimate of drug-likeness (QED) is 0.453. The van der Waals surface area contributed by atoms with Crippen molar-refractivity contribution in [2.45, 2.75) is 44.8 Å². The summed E-state index contributed by atoms with van der Waals surface area (Å²) in [6.45, 7) is 7.35. The zero-order valence-electron chi connectivity index (χ0n) is 20.4. The number of nitrogen functional groups attached to an aromatic ring is 1. The Morgan fingerprint density at radius 3 is 2.61 bits per heavy atom. The second-order valence-electron chi connectivity index (χ2n) is 9.15. The van der Waals surface area contributed by atoms with Crippen LogP contribution in [0, 0.1) is 0 Å². The number of aliphatic hydroxyl groups is 1. The van der Waals surface area contributed by atoms with Crippen LogP contribution in [0.3, 0.4) is 0 Å². The van der Waals surface area contributed by atoms with E-state index >= 15 is 0 Å². The Balaban J connectivity index is 1.35. The molecule has 0 aliphatic carbocycles. The summed E-state index contributed by atoms with van der Waals surface area (Å²) < 4.78 is 0. The number of likely N-dealkylation sites (tertiary alicyclic amines) is 1. The van der Waals surface area contributed by atoms with Crippen LogP contribution in [-0.2, 0) is 6.54 Å². The molecule has 0 bridgehead atoms. The molecule has 196 valence electrons. The van der Waals surface area contributed by atoms with Crippen LogP contribution >= 0.6 is 23.2 Å². The Kier molecular flexibility index (Phi) is 9.13. The Labute approximate surface area is 221 Å². The molecule has 4 rings (SSSR count). The molecule has 2 aromatic rings. The lowest BCUT2D eigenvalue weighted by atomic mass is 9.98. The Morgan fingerprint density at radius 2 is 1.94 bits per heavy atom. The summed E-state index contributed by atoms with van der Waals surface area (Å²) in [4.78, 5) is 28.0. The number of amides is 1. The first-order valence-electron chi connectivity index (χ1n) is 12.3. The van der Waals surface area contributed by atoms with Gasteiger partial charge >= 0.3 is 0 Å². The molecule has 0 aromatic carbocycles. The number of piperidine rings is 1.